The SMILES string of the molecule is O=[N+]([O-])c1ccc(NCc2ccccc2F)c([N+](=O)[O-])c1. The number of nitro benzene ring substituents is 2. The second-order valence-corrected chi connectivity index (χ2v) is 4.16. The number of non-ortho nitro benzene ring substituents is 1. The van der Waals surface area contributed by atoms with Crippen molar-refractivity contribution in [1.82, 2.24) is 0 Å². The molecule has 1 N–H and O–H groups in total. The molecule has 0 saturated heterocycles. The molecule has 21 heavy (non-hydrogen) atoms. The summed E-state index contributed by atoms with van der Waals surface area (Å²) in [7, 11) is 0. The molecule has 0 atom stereocenters. The van der Waals surface area contributed by atoms with E-state index < -0.39 is 21.4 Å². The molecule has 108 valence electrons. The third-order valence-corrected chi connectivity index (χ3v) is 2.82. The van der Waals surface area contributed by atoms with Crippen LogP contribution in [0.25, 0.3) is 0 Å². The fraction of sp³-hybridized carbons (Fsp3) is 0.0769. The molecule has 8 heteroatoms. The summed E-state index contributed by atoms with van der Waals surface area (Å²) in [6.45, 7) is 0.0331. The lowest BCUT2D eigenvalue weighted by molar-refractivity contribution is -0.393. The topological polar surface area (TPSA) is 98.3 Å². The van der Waals surface area contributed by atoms with Crippen LogP contribution < -0.4 is 5.32 Å². The van der Waals surface area contributed by atoms with Gasteiger partial charge in [-0.3, -0.25) is 20.2 Å². The minimum absolute atomic E-state index is 0.0331. The maximum Gasteiger partial charge on any atom is 0.299 e. The Kier molecular flexibility index (Phi) is 4.07. The summed E-state index contributed by atoms with van der Waals surface area (Å²) in [5.41, 5.74) is -0.377. The van der Waals surface area contributed by atoms with Gasteiger partial charge in [-0.1, -0.05) is 18.2 Å². The Bertz CT molecular complexity index is 706. The number of hydrogen-bond acceptors (Lipinski definition) is 5. The molecule has 2 aromatic rings. The second-order valence-electron chi connectivity index (χ2n) is 4.16. The minimum Gasteiger partial charge on any atom is -0.375 e. The molecular weight excluding hydrogens is 281 g/mol. The summed E-state index contributed by atoms with van der Waals surface area (Å²) in [6, 6.07) is 9.25. The Morgan fingerprint density at radius 3 is 2.38 bits per heavy atom. The second kappa shape index (κ2) is 5.95. The zero-order valence-corrected chi connectivity index (χ0v) is 10.7. The Morgan fingerprint density at radius 2 is 1.76 bits per heavy atom. The fourth-order valence-corrected chi connectivity index (χ4v) is 1.77. The molecule has 2 aromatic carbocycles. The van der Waals surface area contributed by atoms with Crippen molar-refractivity contribution in [3.05, 3.63) is 74.1 Å². The number of nitrogens with one attached hydrogen (secondary N) is 1. The number of anilines is 1. The van der Waals surface area contributed by atoms with E-state index in [2.05, 4.69) is 5.32 Å². The van der Waals surface area contributed by atoms with Crippen molar-refractivity contribution in [3.8, 4) is 0 Å². The lowest BCUT2D eigenvalue weighted by Gasteiger charge is -2.07. The molecule has 0 amide bonds. The highest BCUT2D eigenvalue weighted by molar-refractivity contribution is 5.65. The number of halogens is 1. The highest BCUT2D eigenvalue weighted by Gasteiger charge is 2.19. The lowest BCUT2D eigenvalue weighted by atomic mass is 10.2. The fourth-order valence-electron chi connectivity index (χ4n) is 1.77. The van der Waals surface area contributed by atoms with E-state index in [-0.39, 0.29) is 17.9 Å². The van der Waals surface area contributed by atoms with E-state index in [1.807, 2.05) is 0 Å². The zero-order chi connectivity index (χ0) is 15.4. The van der Waals surface area contributed by atoms with Crippen LogP contribution in [-0.4, -0.2) is 9.85 Å². The summed E-state index contributed by atoms with van der Waals surface area (Å²) in [5, 5.41) is 24.3. The molecule has 0 aliphatic heterocycles. The first kappa shape index (κ1) is 14.4. The summed E-state index contributed by atoms with van der Waals surface area (Å²) in [5.74, 6) is -0.436. The third kappa shape index (κ3) is 3.30. The van der Waals surface area contributed by atoms with E-state index in [0.717, 1.165) is 12.1 Å². The molecule has 0 spiro atoms. The van der Waals surface area contributed by atoms with Crippen LogP contribution in [0.4, 0.5) is 21.5 Å². The van der Waals surface area contributed by atoms with Gasteiger partial charge < -0.3 is 5.32 Å². The molecule has 0 heterocycles. The van der Waals surface area contributed by atoms with Crippen molar-refractivity contribution in [2.24, 2.45) is 0 Å². The summed E-state index contributed by atoms with van der Waals surface area (Å²) >= 11 is 0. The number of nitro groups is 2. The van der Waals surface area contributed by atoms with Gasteiger partial charge in [0.05, 0.1) is 15.9 Å². The molecule has 0 fully saturated rings. The smallest absolute Gasteiger partial charge is 0.299 e. The minimum atomic E-state index is -0.726. The number of hydrogen-bond donors (Lipinski definition) is 1. The van der Waals surface area contributed by atoms with Crippen LogP contribution in [0.3, 0.4) is 0 Å². The molecule has 0 saturated carbocycles. The largest absolute Gasteiger partial charge is 0.375 e. The molecule has 0 unspecified atom stereocenters. The molecule has 7 nitrogen and oxygen atoms in total. The highest BCUT2D eigenvalue weighted by Crippen LogP contribution is 2.29. The van der Waals surface area contributed by atoms with Gasteiger partial charge in [0.2, 0.25) is 0 Å². The van der Waals surface area contributed by atoms with Crippen LogP contribution in [0.5, 0.6) is 0 Å². The van der Waals surface area contributed by atoms with Gasteiger partial charge in [0.15, 0.2) is 0 Å². The first-order valence-corrected chi connectivity index (χ1v) is 5.89. The van der Waals surface area contributed by atoms with Crippen molar-refractivity contribution < 1.29 is 14.2 Å². The molecule has 0 radical (unpaired) electrons. The van der Waals surface area contributed by atoms with E-state index >= 15 is 0 Å². The maximum atomic E-state index is 13.5. The Balaban J connectivity index is 2.26. The summed E-state index contributed by atoms with van der Waals surface area (Å²) in [6.07, 6.45) is 0. The van der Waals surface area contributed by atoms with Crippen molar-refractivity contribution >= 4 is 17.1 Å². The Morgan fingerprint density at radius 1 is 1.05 bits per heavy atom. The number of nitrogens with zero attached hydrogens (tertiary/aromatic N) is 2. The molecule has 0 aliphatic rings. The van der Waals surface area contributed by atoms with Gasteiger partial charge in [0.25, 0.3) is 11.4 Å². The predicted molar refractivity (Wildman–Crippen MR) is 73.5 cm³/mol. The van der Waals surface area contributed by atoms with Crippen molar-refractivity contribution in [1.29, 1.82) is 0 Å². The van der Waals surface area contributed by atoms with E-state index in [4.69, 9.17) is 0 Å². The third-order valence-electron chi connectivity index (χ3n) is 2.82. The predicted octanol–water partition coefficient (Wildman–Crippen LogP) is 3.25. The van der Waals surface area contributed by atoms with Gasteiger partial charge in [0.1, 0.15) is 11.5 Å². The average molecular weight is 291 g/mol. The Hall–Kier alpha value is -3.03. The maximum absolute atomic E-state index is 13.5. The molecular formula is C13H10FN3O4. The quantitative estimate of drug-likeness (QED) is 0.673. The van der Waals surface area contributed by atoms with Crippen LogP contribution in [0.1, 0.15) is 5.56 Å². The van der Waals surface area contributed by atoms with E-state index in [1.165, 1.54) is 18.2 Å². The van der Waals surface area contributed by atoms with Crippen LogP contribution in [0.2, 0.25) is 0 Å². The van der Waals surface area contributed by atoms with Gasteiger partial charge in [0, 0.05) is 18.2 Å². The zero-order valence-electron chi connectivity index (χ0n) is 10.7. The molecule has 0 bridgehead atoms. The van der Waals surface area contributed by atoms with Gasteiger partial charge >= 0.3 is 0 Å². The number of benzene rings is 2. The van der Waals surface area contributed by atoms with Gasteiger partial charge in [-0.2, -0.15) is 0 Å². The van der Waals surface area contributed by atoms with Gasteiger partial charge in [-0.05, 0) is 12.1 Å². The average Bonchev–Trinajstić information content (AvgIpc) is 2.46. The molecule has 0 aliphatic carbocycles. The number of rotatable bonds is 5. The molecule has 0 aromatic heterocycles. The summed E-state index contributed by atoms with van der Waals surface area (Å²) in [4.78, 5) is 20.1. The van der Waals surface area contributed by atoms with Crippen LogP contribution in [-0.2, 0) is 6.54 Å². The van der Waals surface area contributed by atoms with Crippen LogP contribution in [0, 0.1) is 26.0 Å². The standard InChI is InChI=1S/C13H10FN3O4/c14-11-4-2-1-3-9(11)8-15-12-6-5-10(16(18)19)7-13(12)17(20)21/h1-7,15H,8H2. The van der Waals surface area contributed by atoms with Crippen molar-refractivity contribution in [2.45, 2.75) is 6.54 Å². The van der Waals surface area contributed by atoms with Crippen molar-refractivity contribution in [2.75, 3.05) is 5.32 Å². The first-order chi connectivity index (χ1) is 9.99. The molecule has 2 rings (SSSR count). The van der Waals surface area contributed by atoms with Crippen LogP contribution >= 0.6 is 0 Å². The lowest BCUT2D eigenvalue weighted by Crippen LogP contribution is -2.04. The van der Waals surface area contributed by atoms with Crippen molar-refractivity contribution in [3.63, 3.8) is 0 Å². The highest BCUT2D eigenvalue weighted by atomic mass is 19.1. The van der Waals surface area contributed by atoms with E-state index in [0.29, 0.717) is 5.56 Å². The van der Waals surface area contributed by atoms with Crippen LogP contribution in [0.15, 0.2) is 42.5 Å². The summed E-state index contributed by atoms with van der Waals surface area (Å²) < 4.78 is 13.5. The van der Waals surface area contributed by atoms with Gasteiger partial charge in [-0.15, -0.1) is 0 Å². The first-order valence-electron chi connectivity index (χ1n) is 5.89. The normalized spacial score (nSPS) is 10.1. The monoisotopic (exact) mass is 291 g/mol. The van der Waals surface area contributed by atoms with Gasteiger partial charge in [-0.25, -0.2) is 4.39 Å². The van der Waals surface area contributed by atoms with E-state index in [1.54, 1.807) is 12.1 Å². The van der Waals surface area contributed by atoms with E-state index in [9.17, 15) is 24.6 Å². The Labute approximate surface area is 118 Å².